The molecule has 0 N–H and O–H groups in total. The summed E-state index contributed by atoms with van der Waals surface area (Å²) in [4.78, 5) is 46.2. The lowest BCUT2D eigenvalue weighted by molar-refractivity contribution is -0.147. The van der Waals surface area contributed by atoms with E-state index >= 15 is 14.4 Å². The molecular formula is C62H44N4O4. The molecule has 70 heavy (non-hydrogen) atoms. The van der Waals surface area contributed by atoms with Crippen molar-refractivity contribution in [1.29, 1.82) is 0 Å². The van der Waals surface area contributed by atoms with E-state index in [9.17, 15) is 0 Å². The minimum atomic E-state index is -1.07. The molecule has 8 heteroatoms. The highest BCUT2D eigenvalue weighted by Crippen LogP contribution is 2.46. The fourth-order valence-corrected chi connectivity index (χ4v) is 10.4. The highest BCUT2D eigenvalue weighted by atomic mass is 16.5. The third-order valence-electron chi connectivity index (χ3n) is 13.3. The lowest BCUT2D eigenvalue weighted by Gasteiger charge is -2.29. The van der Waals surface area contributed by atoms with Gasteiger partial charge in [-0.05, 0) is 66.1 Å². The standard InChI is InChI=1S/C62H44N4O4/c1-2-70-62(69)61-64-48-33-34-49(64)56(42-23-11-4-12-24-42)50-35-36-51(65(50)61)57(43-25-13-5-14-26-43)52-39-40-54(67)66(52)59(45-29-17-7-18-30-45)58(44-27-15-6-16-28-44)63-47(55(48)41-21-9-3-10-22-41)37-38-53(63)60(68)46-31-19-8-20-32-46/h3-40,61H,2H2,1H3. The Morgan fingerprint density at radius 3 is 1.33 bits per heavy atom. The first-order chi connectivity index (χ1) is 34.5. The van der Waals surface area contributed by atoms with Gasteiger partial charge >= 0.3 is 5.97 Å². The van der Waals surface area contributed by atoms with Crippen molar-refractivity contribution in [1.82, 2.24) is 18.1 Å². The second-order valence-electron chi connectivity index (χ2n) is 17.3. The van der Waals surface area contributed by atoms with Crippen molar-refractivity contribution in [3.8, 4) is 55.9 Å². The molecule has 0 saturated heterocycles. The van der Waals surface area contributed by atoms with E-state index in [0.717, 1.165) is 50.0 Å². The summed E-state index contributed by atoms with van der Waals surface area (Å²) in [5.74, 6) is -0.942. The van der Waals surface area contributed by atoms with Crippen LogP contribution in [0.3, 0.4) is 0 Å². The predicted octanol–water partition coefficient (Wildman–Crippen LogP) is 14.1. The van der Waals surface area contributed by atoms with Crippen LogP contribution < -0.4 is 0 Å². The van der Waals surface area contributed by atoms with E-state index < -0.39 is 12.1 Å². The Morgan fingerprint density at radius 1 is 0.443 bits per heavy atom. The topological polar surface area (TPSA) is 79.6 Å². The van der Waals surface area contributed by atoms with Gasteiger partial charge in [0.25, 0.3) is 5.91 Å². The summed E-state index contributed by atoms with van der Waals surface area (Å²) in [5, 5.41) is 0. The second-order valence-corrected chi connectivity index (χ2v) is 17.3. The molecular weight excluding hydrogens is 865 g/mol. The molecule has 12 rings (SSSR count). The highest BCUT2D eigenvalue weighted by Gasteiger charge is 2.36. The molecule has 6 bridgehead atoms. The van der Waals surface area contributed by atoms with Crippen molar-refractivity contribution < 1.29 is 19.1 Å². The zero-order valence-corrected chi connectivity index (χ0v) is 38.1. The van der Waals surface area contributed by atoms with E-state index in [-0.39, 0.29) is 18.3 Å². The number of hydrogen-bond donors (Lipinski definition) is 0. The Morgan fingerprint density at radius 2 is 0.843 bits per heavy atom. The Labute approximate surface area is 403 Å². The number of benzene rings is 6. The first-order valence-electron chi connectivity index (χ1n) is 23.5. The normalized spacial score (nSPS) is 13.2. The summed E-state index contributed by atoms with van der Waals surface area (Å²) < 4.78 is 14.2. The van der Waals surface area contributed by atoms with E-state index in [4.69, 9.17) is 4.74 Å². The Bertz CT molecular complexity index is 3870. The van der Waals surface area contributed by atoms with Crippen LogP contribution in [0.5, 0.6) is 0 Å². The maximum absolute atomic E-state index is 15.5. The first-order valence-corrected chi connectivity index (χ1v) is 23.5. The first kappa shape index (κ1) is 42.1. The summed E-state index contributed by atoms with van der Waals surface area (Å²) in [7, 11) is 0. The van der Waals surface area contributed by atoms with Gasteiger partial charge in [0, 0.05) is 39.5 Å². The number of carbonyl (C=O) groups is 3. The van der Waals surface area contributed by atoms with Crippen LogP contribution in [0, 0.1) is 0 Å². The molecule has 6 heterocycles. The van der Waals surface area contributed by atoms with Gasteiger partial charge in [-0.15, -0.1) is 0 Å². The highest BCUT2D eigenvalue weighted by molar-refractivity contribution is 6.12. The molecule has 0 amide bonds. The Balaban J connectivity index is 1.47. The van der Waals surface area contributed by atoms with Gasteiger partial charge in [-0.25, -0.2) is 4.79 Å². The van der Waals surface area contributed by atoms with E-state index in [1.807, 2.05) is 187 Å². The summed E-state index contributed by atoms with van der Waals surface area (Å²) in [5.41, 5.74) is 12.8. The lowest BCUT2D eigenvalue weighted by atomic mass is 10.0. The third kappa shape index (κ3) is 6.79. The van der Waals surface area contributed by atoms with Gasteiger partial charge in [0.15, 0.2) is 0 Å². The average molecular weight is 909 g/mol. The van der Waals surface area contributed by atoms with Crippen LogP contribution in [0.25, 0.3) is 89.6 Å². The SMILES string of the molecule is CCOC(=O)C1n2c3ccc2c(-c2ccccc2)c2ccc(c(-c4ccccc4)c4ccc(C(=O)c5ccccc5)n4c(-c4ccccc4)c(-c4ccccc4)n4c(c3-c3ccccc3)C=CC4=O)n21. The quantitative estimate of drug-likeness (QED) is 0.107. The molecule has 10 aromatic rings. The van der Waals surface area contributed by atoms with Gasteiger partial charge in [-0.3, -0.25) is 14.2 Å². The maximum Gasteiger partial charge on any atom is 0.350 e. The number of aromatic nitrogens is 4. The van der Waals surface area contributed by atoms with Crippen LogP contribution in [0.1, 0.15) is 39.6 Å². The van der Waals surface area contributed by atoms with E-state index in [0.29, 0.717) is 50.5 Å². The molecule has 0 spiro atoms. The summed E-state index contributed by atoms with van der Waals surface area (Å²) >= 11 is 0. The van der Waals surface area contributed by atoms with Gasteiger partial charge in [0.1, 0.15) is 0 Å². The van der Waals surface area contributed by atoms with Crippen LogP contribution >= 0.6 is 0 Å². The van der Waals surface area contributed by atoms with Crippen molar-refractivity contribution in [2.45, 2.75) is 13.1 Å². The third-order valence-corrected chi connectivity index (χ3v) is 13.3. The molecule has 0 fully saturated rings. The van der Waals surface area contributed by atoms with Crippen LogP contribution in [0.15, 0.2) is 224 Å². The minimum Gasteiger partial charge on any atom is -0.463 e. The molecule has 0 saturated carbocycles. The molecule has 4 aromatic heterocycles. The smallest absolute Gasteiger partial charge is 0.350 e. The van der Waals surface area contributed by atoms with Crippen LogP contribution in [-0.2, 0) is 9.53 Å². The van der Waals surface area contributed by atoms with Gasteiger partial charge in [0.2, 0.25) is 11.9 Å². The number of rotatable bonds is 9. The molecule has 0 radical (unpaired) electrons. The summed E-state index contributed by atoms with van der Waals surface area (Å²) in [6, 6.07) is 71.7. The predicted molar refractivity (Wildman–Crippen MR) is 279 cm³/mol. The fourth-order valence-electron chi connectivity index (χ4n) is 10.4. The van der Waals surface area contributed by atoms with Gasteiger partial charge in [0.05, 0.1) is 57.0 Å². The number of carbonyl (C=O) groups excluding carboxylic acids is 3. The van der Waals surface area contributed by atoms with Gasteiger partial charge < -0.3 is 18.3 Å². The van der Waals surface area contributed by atoms with Crippen molar-refractivity contribution in [2.24, 2.45) is 0 Å². The van der Waals surface area contributed by atoms with Gasteiger partial charge in [-0.2, -0.15) is 0 Å². The summed E-state index contributed by atoms with van der Waals surface area (Å²) in [6.07, 6.45) is 2.42. The Kier molecular flexibility index (Phi) is 10.5. The zero-order chi connectivity index (χ0) is 47.3. The molecule has 2 aliphatic rings. The van der Waals surface area contributed by atoms with Crippen molar-refractivity contribution in [3.63, 3.8) is 0 Å². The zero-order valence-electron chi connectivity index (χ0n) is 38.1. The molecule has 2 aliphatic heterocycles. The monoisotopic (exact) mass is 908 g/mol. The van der Waals surface area contributed by atoms with E-state index in [2.05, 4.69) is 57.7 Å². The van der Waals surface area contributed by atoms with Crippen molar-refractivity contribution in [3.05, 3.63) is 241 Å². The molecule has 1 atom stereocenters. The lowest BCUT2D eigenvalue weighted by Crippen LogP contribution is -2.30. The largest absolute Gasteiger partial charge is 0.463 e. The number of allylic oxidation sites excluding steroid dienone is 1. The number of ether oxygens (including phenoxy) is 1. The molecule has 6 aromatic carbocycles. The number of esters is 1. The van der Waals surface area contributed by atoms with Gasteiger partial charge in [-0.1, -0.05) is 182 Å². The fraction of sp³-hybridized carbons (Fsp3) is 0.0484. The summed E-state index contributed by atoms with van der Waals surface area (Å²) in [6.45, 7) is 1.97. The Hall–Kier alpha value is -9.27. The second kappa shape index (κ2) is 17.4. The maximum atomic E-state index is 15.5. The number of hydrogen-bond acceptors (Lipinski definition) is 4. The average Bonchev–Trinajstić information content (AvgIpc) is 4.23. The number of ketones is 1. The van der Waals surface area contributed by atoms with Crippen LogP contribution in [-0.4, -0.2) is 42.4 Å². The van der Waals surface area contributed by atoms with Crippen LogP contribution in [0.4, 0.5) is 0 Å². The van der Waals surface area contributed by atoms with Crippen LogP contribution in [0.2, 0.25) is 0 Å². The van der Waals surface area contributed by atoms with E-state index in [1.165, 1.54) is 0 Å². The van der Waals surface area contributed by atoms with Crippen molar-refractivity contribution >= 4 is 51.3 Å². The molecule has 336 valence electrons. The molecule has 0 aliphatic carbocycles. The number of fused-ring (bicyclic) bond motifs is 2. The minimum absolute atomic E-state index is 0.147. The van der Waals surface area contributed by atoms with Crippen molar-refractivity contribution in [2.75, 3.05) is 6.61 Å². The molecule has 1 unspecified atom stereocenters. The van der Waals surface area contributed by atoms with E-state index in [1.54, 1.807) is 10.6 Å². The molecule has 8 nitrogen and oxygen atoms in total. The number of nitrogens with zero attached hydrogens (tertiary/aromatic N) is 4.